The molecule has 1 saturated carbocycles. The molecule has 8 heteroatoms. The number of furan rings is 1. The molecule has 1 N–H and O–H groups in total. The first kappa shape index (κ1) is 24.3. The van der Waals surface area contributed by atoms with Crippen LogP contribution in [0.1, 0.15) is 73.4 Å². The Hall–Kier alpha value is -2.87. The number of fused-ring (bicyclic) bond motifs is 1. The zero-order valence-corrected chi connectivity index (χ0v) is 21.2. The monoisotopic (exact) mass is 483 g/mol. The van der Waals surface area contributed by atoms with Gasteiger partial charge in [-0.15, -0.1) is 0 Å². The van der Waals surface area contributed by atoms with E-state index >= 15 is 0 Å². The van der Waals surface area contributed by atoms with Gasteiger partial charge in [-0.1, -0.05) is 51.0 Å². The van der Waals surface area contributed by atoms with E-state index in [1.807, 2.05) is 30.3 Å². The highest BCUT2D eigenvalue weighted by molar-refractivity contribution is 7.92. The van der Waals surface area contributed by atoms with Crippen LogP contribution in [0.5, 0.6) is 0 Å². The van der Waals surface area contributed by atoms with Crippen molar-refractivity contribution in [3.8, 4) is 11.3 Å². The van der Waals surface area contributed by atoms with E-state index in [0.29, 0.717) is 29.1 Å². The molecule has 0 spiro atoms. The molecule has 2 heterocycles. The van der Waals surface area contributed by atoms with Crippen LogP contribution in [0.15, 0.2) is 34.7 Å². The number of unbranched alkanes of at least 4 members (excludes halogenated alkanes) is 2. The van der Waals surface area contributed by atoms with E-state index in [1.165, 1.54) is 16.1 Å². The summed E-state index contributed by atoms with van der Waals surface area (Å²) in [5, 5.41) is 3.33. The molecule has 1 aliphatic carbocycles. The lowest BCUT2D eigenvalue weighted by Gasteiger charge is -2.23. The first-order valence-corrected chi connectivity index (χ1v) is 13.9. The van der Waals surface area contributed by atoms with Gasteiger partial charge in [0.25, 0.3) is 5.91 Å². The van der Waals surface area contributed by atoms with Crippen LogP contribution in [0.2, 0.25) is 0 Å². The molecule has 0 aliphatic heterocycles. The summed E-state index contributed by atoms with van der Waals surface area (Å²) in [6.45, 7) is 4.55. The molecule has 1 fully saturated rings. The molecule has 34 heavy (non-hydrogen) atoms. The van der Waals surface area contributed by atoms with Crippen molar-refractivity contribution < 1.29 is 17.6 Å². The van der Waals surface area contributed by atoms with E-state index in [-0.39, 0.29) is 17.5 Å². The van der Waals surface area contributed by atoms with Crippen LogP contribution in [0, 0.1) is 0 Å². The maximum Gasteiger partial charge on any atom is 0.255 e. The Kier molecular flexibility index (Phi) is 6.98. The second kappa shape index (κ2) is 9.78. The Morgan fingerprint density at radius 1 is 1.18 bits per heavy atom. The summed E-state index contributed by atoms with van der Waals surface area (Å²) in [5.41, 5.74) is 3.55. The normalized spacial score (nSPS) is 13.9. The van der Waals surface area contributed by atoms with E-state index in [0.717, 1.165) is 49.7 Å². The molecule has 0 bridgehead atoms. The van der Waals surface area contributed by atoms with Gasteiger partial charge in [0.15, 0.2) is 0 Å². The summed E-state index contributed by atoms with van der Waals surface area (Å²) in [4.78, 5) is 17.7. The molecule has 2 aromatic heterocycles. The molecule has 0 saturated heterocycles. The van der Waals surface area contributed by atoms with Crippen LogP contribution >= 0.6 is 0 Å². The maximum atomic E-state index is 12.9. The zero-order chi connectivity index (χ0) is 24.5. The van der Waals surface area contributed by atoms with Crippen LogP contribution in [0.4, 0.5) is 5.82 Å². The lowest BCUT2D eigenvalue weighted by molar-refractivity contribution is 0.0964. The molecule has 1 aliphatic rings. The Morgan fingerprint density at radius 3 is 2.44 bits per heavy atom. The number of nitrogens with zero attached hydrogens (tertiary/aromatic N) is 2. The standard InChI is InChI=1S/C26H33N3O4S/c1-5-7-8-15-29(34(4,31)32)24-20(18-13-14-18)16-21-22(25(30)27-3)23(33-26(21)28-24)19-11-9-17(6-2)10-12-19/h9-12,16,18H,5-8,13-15H2,1-4H3,(H,27,30). The molecule has 1 aromatic carbocycles. The summed E-state index contributed by atoms with van der Waals surface area (Å²) in [7, 11) is -1.94. The predicted molar refractivity (Wildman–Crippen MR) is 136 cm³/mol. The number of amides is 1. The quantitative estimate of drug-likeness (QED) is 0.398. The van der Waals surface area contributed by atoms with E-state index in [4.69, 9.17) is 9.40 Å². The number of hydrogen-bond donors (Lipinski definition) is 1. The average Bonchev–Trinajstić information content (AvgIpc) is 3.60. The second-order valence-electron chi connectivity index (χ2n) is 9.01. The molecule has 182 valence electrons. The Labute approximate surface area is 201 Å². The fourth-order valence-electron chi connectivity index (χ4n) is 4.30. The number of carbonyl (C=O) groups excluding carboxylic acids is 1. The minimum atomic E-state index is -3.53. The van der Waals surface area contributed by atoms with Gasteiger partial charge in [0.2, 0.25) is 15.7 Å². The number of carbonyl (C=O) groups is 1. The summed E-state index contributed by atoms with van der Waals surface area (Å²) in [6.07, 6.45) is 6.78. The van der Waals surface area contributed by atoms with E-state index in [9.17, 15) is 13.2 Å². The molecule has 7 nitrogen and oxygen atoms in total. The number of nitrogens with one attached hydrogen (secondary N) is 1. The van der Waals surface area contributed by atoms with E-state index in [1.54, 1.807) is 7.05 Å². The van der Waals surface area contributed by atoms with Gasteiger partial charge in [-0.3, -0.25) is 9.10 Å². The van der Waals surface area contributed by atoms with Crippen LogP contribution < -0.4 is 9.62 Å². The third kappa shape index (κ3) is 4.82. The first-order chi connectivity index (χ1) is 16.3. The fraction of sp³-hybridized carbons (Fsp3) is 0.462. The van der Waals surface area contributed by atoms with Gasteiger partial charge in [-0.25, -0.2) is 8.42 Å². The van der Waals surface area contributed by atoms with Crippen molar-refractivity contribution in [2.75, 3.05) is 24.2 Å². The van der Waals surface area contributed by atoms with E-state index in [2.05, 4.69) is 19.2 Å². The topological polar surface area (TPSA) is 92.5 Å². The third-order valence-electron chi connectivity index (χ3n) is 6.39. The van der Waals surface area contributed by atoms with Crippen molar-refractivity contribution in [1.29, 1.82) is 0 Å². The molecule has 1 amide bonds. The molecular formula is C26H33N3O4S. The van der Waals surface area contributed by atoms with Crippen molar-refractivity contribution in [3.63, 3.8) is 0 Å². The SMILES string of the molecule is CCCCCN(c1nc2oc(-c3ccc(CC)cc3)c(C(=O)NC)c2cc1C1CC1)S(C)(=O)=O. The number of hydrogen-bond acceptors (Lipinski definition) is 5. The minimum Gasteiger partial charge on any atom is -0.437 e. The smallest absolute Gasteiger partial charge is 0.255 e. The number of aromatic nitrogens is 1. The molecule has 0 unspecified atom stereocenters. The number of benzene rings is 1. The summed E-state index contributed by atoms with van der Waals surface area (Å²) in [6, 6.07) is 9.84. The average molecular weight is 484 g/mol. The largest absolute Gasteiger partial charge is 0.437 e. The van der Waals surface area contributed by atoms with Crippen LogP contribution in [-0.2, 0) is 16.4 Å². The van der Waals surface area contributed by atoms with Crippen LogP contribution in [0.25, 0.3) is 22.4 Å². The van der Waals surface area contributed by atoms with Crippen LogP contribution in [0.3, 0.4) is 0 Å². The third-order valence-corrected chi connectivity index (χ3v) is 7.54. The highest BCUT2D eigenvalue weighted by Gasteiger charge is 2.34. The molecule has 4 rings (SSSR count). The summed E-state index contributed by atoms with van der Waals surface area (Å²) in [5.74, 6) is 0.855. The van der Waals surface area contributed by atoms with Gasteiger partial charge < -0.3 is 9.73 Å². The van der Waals surface area contributed by atoms with Gasteiger partial charge in [0, 0.05) is 19.2 Å². The number of anilines is 1. The minimum absolute atomic E-state index is 0.238. The molecular weight excluding hydrogens is 450 g/mol. The van der Waals surface area contributed by atoms with Gasteiger partial charge in [-0.05, 0) is 48.8 Å². The number of sulfonamides is 1. The predicted octanol–water partition coefficient (Wildman–Crippen LogP) is 5.25. The van der Waals surface area contributed by atoms with Crippen molar-refractivity contribution in [2.24, 2.45) is 0 Å². The van der Waals surface area contributed by atoms with Crippen molar-refractivity contribution in [1.82, 2.24) is 10.3 Å². The van der Waals surface area contributed by atoms with E-state index < -0.39 is 10.0 Å². The Bertz CT molecular complexity index is 1290. The summed E-state index contributed by atoms with van der Waals surface area (Å²) >= 11 is 0. The van der Waals surface area contributed by atoms with Crippen LogP contribution in [-0.4, -0.2) is 39.2 Å². The molecule has 0 atom stereocenters. The number of aryl methyl sites for hydroxylation is 1. The number of pyridine rings is 1. The zero-order valence-electron chi connectivity index (χ0n) is 20.3. The second-order valence-corrected chi connectivity index (χ2v) is 10.9. The van der Waals surface area contributed by atoms with Gasteiger partial charge in [0.1, 0.15) is 11.6 Å². The fourth-order valence-corrected chi connectivity index (χ4v) is 5.23. The molecule has 0 radical (unpaired) electrons. The lowest BCUT2D eigenvalue weighted by Crippen LogP contribution is -2.32. The first-order valence-electron chi connectivity index (χ1n) is 12.0. The lowest BCUT2D eigenvalue weighted by atomic mass is 10.0. The van der Waals surface area contributed by atoms with Crippen molar-refractivity contribution in [3.05, 3.63) is 47.0 Å². The van der Waals surface area contributed by atoms with Gasteiger partial charge in [0.05, 0.1) is 17.2 Å². The van der Waals surface area contributed by atoms with Gasteiger partial charge >= 0.3 is 0 Å². The summed E-state index contributed by atoms with van der Waals surface area (Å²) < 4.78 is 33.1. The number of rotatable bonds is 10. The maximum absolute atomic E-state index is 12.9. The Balaban J connectivity index is 1.92. The highest BCUT2D eigenvalue weighted by atomic mass is 32.2. The van der Waals surface area contributed by atoms with Crippen molar-refractivity contribution >= 4 is 32.8 Å². The molecule has 3 aromatic rings. The highest BCUT2D eigenvalue weighted by Crippen LogP contribution is 2.46. The van der Waals surface area contributed by atoms with Gasteiger partial charge in [-0.2, -0.15) is 4.98 Å². The Morgan fingerprint density at radius 2 is 1.88 bits per heavy atom. The van der Waals surface area contributed by atoms with Crippen molar-refractivity contribution in [2.45, 2.75) is 58.3 Å².